The van der Waals surface area contributed by atoms with Gasteiger partial charge in [-0.1, -0.05) is 11.6 Å². The van der Waals surface area contributed by atoms with Crippen LogP contribution in [0.3, 0.4) is 0 Å². The molecule has 17 heavy (non-hydrogen) atoms. The largest absolute Gasteiger partial charge is 0.469 e. The molecule has 1 rings (SSSR count). The molecule has 0 unspecified atom stereocenters. The van der Waals surface area contributed by atoms with Crippen LogP contribution >= 0.6 is 11.6 Å². The molecular formula is C10H7ClF4O2. The number of halogens is 5. The predicted molar refractivity (Wildman–Crippen MR) is 52.1 cm³/mol. The Bertz CT molecular complexity index is 443. The number of carbonyl (C=O) groups is 1. The van der Waals surface area contributed by atoms with E-state index >= 15 is 0 Å². The second-order valence-electron chi connectivity index (χ2n) is 3.17. The van der Waals surface area contributed by atoms with Crippen LogP contribution in [0.15, 0.2) is 12.1 Å². The topological polar surface area (TPSA) is 26.3 Å². The maximum Gasteiger partial charge on any atom is 0.416 e. The van der Waals surface area contributed by atoms with Crippen molar-refractivity contribution in [3.05, 3.63) is 34.1 Å². The zero-order valence-electron chi connectivity index (χ0n) is 8.57. The molecule has 0 bridgehead atoms. The van der Waals surface area contributed by atoms with Crippen molar-refractivity contribution < 1.29 is 27.1 Å². The number of carbonyl (C=O) groups excluding carboxylic acids is 1. The van der Waals surface area contributed by atoms with Crippen LogP contribution in [0.5, 0.6) is 0 Å². The summed E-state index contributed by atoms with van der Waals surface area (Å²) in [6.45, 7) is 0. The van der Waals surface area contributed by atoms with Crippen LogP contribution in [-0.4, -0.2) is 13.1 Å². The summed E-state index contributed by atoms with van der Waals surface area (Å²) in [6, 6.07) is 1.04. The second-order valence-corrected chi connectivity index (χ2v) is 3.58. The molecule has 0 aliphatic heterocycles. The van der Waals surface area contributed by atoms with Gasteiger partial charge in [-0.2, -0.15) is 13.2 Å². The summed E-state index contributed by atoms with van der Waals surface area (Å²) in [5.41, 5.74) is -1.65. The van der Waals surface area contributed by atoms with Gasteiger partial charge in [0.15, 0.2) is 0 Å². The maximum atomic E-state index is 13.0. The van der Waals surface area contributed by atoms with Gasteiger partial charge in [0.05, 0.1) is 24.1 Å². The molecule has 0 fully saturated rings. The zero-order chi connectivity index (χ0) is 13.2. The van der Waals surface area contributed by atoms with Gasteiger partial charge in [-0.25, -0.2) is 4.39 Å². The van der Waals surface area contributed by atoms with E-state index < -0.39 is 40.5 Å². The molecule has 0 aliphatic carbocycles. The van der Waals surface area contributed by atoms with Crippen molar-refractivity contribution in [2.45, 2.75) is 12.6 Å². The summed E-state index contributed by atoms with van der Waals surface area (Å²) in [4.78, 5) is 10.9. The number of hydrogen-bond acceptors (Lipinski definition) is 2. The molecule has 1 aromatic carbocycles. The molecular weight excluding hydrogens is 264 g/mol. The van der Waals surface area contributed by atoms with Gasteiger partial charge < -0.3 is 4.74 Å². The molecule has 0 spiro atoms. The molecule has 1 aromatic rings. The molecule has 7 heteroatoms. The Kier molecular flexibility index (Phi) is 3.98. The first-order valence-electron chi connectivity index (χ1n) is 4.37. The van der Waals surface area contributed by atoms with Crippen LogP contribution in [-0.2, 0) is 22.1 Å². The molecule has 0 N–H and O–H groups in total. The molecule has 0 saturated heterocycles. The maximum absolute atomic E-state index is 13.0. The minimum Gasteiger partial charge on any atom is -0.469 e. The highest BCUT2D eigenvalue weighted by Gasteiger charge is 2.34. The van der Waals surface area contributed by atoms with Crippen LogP contribution in [0, 0.1) is 5.82 Å². The number of ether oxygens (including phenoxy) is 1. The lowest BCUT2D eigenvalue weighted by atomic mass is 10.0. The molecule has 0 saturated carbocycles. The number of methoxy groups -OCH3 is 1. The van der Waals surface area contributed by atoms with Gasteiger partial charge in [-0.05, 0) is 17.7 Å². The third kappa shape index (κ3) is 3.33. The van der Waals surface area contributed by atoms with Crippen LogP contribution in [0.25, 0.3) is 0 Å². The lowest BCUT2D eigenvalue weighted by Gasteiger charge is -2.12. The average Bonchev–Trinajstić information content (AvgIpc) is 2.21. The molecule has 0 heterocycles. The van der Waals surface area contributed by atoms with Crippen molar-refractivity contribution in [1.29, 1.82) is 0 Å². The van der Waals surface area contributed by atoms with Gasteiger partial charge in [0.1, 0.15) is 5.82 Å². The summed E-state index contributed by atoms with van der Waals surface area (Å²) < 4.78 is 54.9. The Hall–Kier alpha value is -1.30. The highest BCUT2D eigenvalue weighted by molar-refractivity contribution is 6.30. The lowest BCUT2D eigenvalue weighted by molar-refractivity contribution is -0.141. The molecule has 2 nitrogen and oxygen atoms in total. The number of hydrogen-bond donors (Lipinski definition) is 0. The summed E-state index contributed by atoms with van der Waals surface area (Å²) in [5, 5.41) is -0.475. The molecule has 0 aliphatic rings. The number of esters is 1. The number of alkyl halides is 3. The van der Waals surface area contributed by atoms with Crippen molar-refractivity contribution in [2.75, 3.05) is 7.11 Å². The fourth-order valence-electron chi connectivity index (χ4n) is 1.23. The van der Waals surface area contributed by atoms with Crippen LogP contribution < -0.4 is 0 Å². The third-order valence-corrected chi connectivity index (χ3v) is 2.30. The van der Waals surface area contributed by atoms with E-state index in [1.165, 1.54) is 0 Å². The van der Waals surface area contributed by atoms with Crippen LogP contribution in [0.4, 0.5) is 17.6 Å². The van der Waals surface area contributed by atoms with E-state index in [0.29, 0.717) is 0 Å². The first-order chi connectivity index (χ1) is 7.75. The summed E-state index contributed by atoms with van der Waals surface area (Å²) in [5.74, 6) is -2.05. The average molecular weight is 271 g/mol. The molecule has 94 valence electrons. The summed E-state index contributed by atoms with van der Waals surface area (Å²) in [7, 11) is 1.04. The smallest absolute Gasteiger partial charge is 0.416 e. The first kappa shape index (κ1) is 13.8. The van der Waals surface area contributed by atoms with E-state index in [2.05, 4.69) is 4.74 Å². The van der Waals surface area contributed by atoms with Gasteiger partial charge >= 0.3 is 12.1 Å². The van der Waals surface area contributed by atoms with Crippen LogP contribution in [0.2, 0.25) is 5.02 Å². The SMILES string of the molecule is COC(=O)Cc1cc(Cl)c(F)cc1C(F)(F)F. The Morgan fingerprint density at radius 2 is 2.00 bits per heavy atom. The second kappa shape index (κ2) is 4.91. The Balaban J connectivity index is 3.26. The lowest BCUT2D eigenvalue weighted by Crippen LogP contribution is -2.14. The summed E-state index contributed by atoms with van der Waals surface area (Å²) >= 11 is 5.37. The predicted octanol–water partition coefficient (Wildman–Crippen LogP) is 3.21. The van der Waals surface area contributed by atoms with Crippen molar-refractivity contribution in [2.24, 2.45) is 0 Å². The Labute approximate surface area is 99.1 Å². The van der Waals surface area contributed by atoms with Gasteiger partial charge in [-0.15, -0.1) is 0 Å². The van der Waals surface area contributed by atoms with Gasteiger partial charge in [0.2, 0.25) is 0 Å². The number of rotatable bonds is 2. The van der Waals surface area contributed by atoms with Crippen molar-refractivity contribution in [3.8, 4) is 0 Å². The summed E-state index contributed by atoms with van der Waals surface area (Å²) in [6.07, 6.45) is -5.37. The van der Waals surface area contributed by atoms with Crippen molar-refractivity contribution >= 4 is 17.6 Å². The van der Waals surface area contributed by atoms with E-state index in [1.807, 2.05) is 0 Å². The van der Waals surface area contributed by atoms with Crippen LogP contribution in [0.1, 0.15) is 11.1 Å². The Morgan fingerprint density at radius 3 is 2.47 bits per heavy atom. The third-order valence-electron chi connectivity index (χ3n) is 2.01. The van der Waals surface area contributed by atoms with Crippen molar-refractivity contribution in [3.63, 3.8) is 0 Å². The van der Waals surface area contributed by atoms with E-state index in [4.69, 9.17) is 11.6 Å². The number of benzene rings is 1. The monoisotopic (exact) mass is 270 g/mol. The highest BCUT2D eigenvalue weighted by Crippen LogP contribution is 2.34. The van der Waals surface area contributed by atoms with E-state index in [0.717, 1.165) is 13.2 Å². The highest BCUT2D eigenvalue weighted by atomic mass is 35.5. The van der Waals surface area contributed by atoms with Gasteiger partial charge in [0, 0.05) is 0 Å². The molecule has 0 aromatic heterocycles. The van der Waals surface area contributed by atoms with Crippen molar-refractivity contribution in [1.82, 2.24) is 0 Å². The molecule has 0 amide bonds. The standard InChI is InChI=1S/C10H7ClF4O2/c1-17-9(16)3-5-2-7(11)8(12)4-6(5)10(13,14)15/h2,4H,3H2,1H3. The minimum atomic E-state index is -4.76. The normalized spacial score (nSPS) is 11.4. The quantitative estimate of drug-likeness (QED) is 0.609. The van der Waals surface area contributed by atoms with Gasteiger partial charge in [0.25, 0.3) is 0 Å². The van der Waals surface area contributed by atoms with E-state index in [-0.39, 0.29) is 6.07 Å². The zero-order valence-corrected chi connectivity index (χ0v) is 9.32. The van der Waals surface area contributed by atoms with E-state index in [9.17, 15) is 22.4 Å². The molecule has 0 radical (unpaired) electrons. The molecule has 0 atom stereocenters. The fourth-order valence-corrected chi connectivity index (χ4v) is 1.41. The minimum absolute atomic E-state index is 0.264. The van der Waals surface area contributed by atoms with Gasteiger partial charge in [-0.3, -0.25) is 4.79 Å². The Morgan fingerprint density at radius 1 is 1.41 bits per heavy atom. The van der Waals surface area contributed by atoms with E-state index in [1.54, 1.807) is 0 Å². The first-order valence-corrected chi connectivity index (χ1v) is 4.75. The fraction of sp³-hybridized carbons (Fsp3) is 0.300.